The molecule has 3 rings (SSSR count). The van der Waals surface area contributed by atoms with Crippen LogP contribution in [-0.2, 0) is 20.3 Å². The summed E-state index contributed by atoms with van der Waals surface area (Å²) < 4.78 is 28.0. The highest BCUT2D eigenvalue weighted by atomic mass is 32.2. The zero-order valence-corrected chi connectivity index (χ0v) is 15.1. The van der Waals surface area contributed by atoms with Crippen molar-refractivity contribution in [2.45, 2.75) is 56.4 Å². The lowest BCUT2D eigenvalue weighted by atomic mass is 9.86. The van der Waals surface area contributed by atoms with E-state index in [1.807, 2.05) is 12.1 Å². The Balaban J connectivity index is 1.86. The SMILES string of the molecule is CN1OC[C@H](S(=O)(=O)NC2CC2)[C@H]1c1ccc(C(C)(C)C)cc1. The van der Waals surface area contributed by atoms with Crippen LogP contribution in [0.15, 0.2) is 24.3 Å². The van der Waals surface area contributed by atoms with Gasteiger partial charge in [0.05, 0.1) is 12.6 Å². The molecular weight excluding hydrogens is 312 g/mol. The van der Waals surface area contributed by atoms with Crippen LogP contribution in [0.25, 0.3) is 0 Å². The van der Waals surface area contributed by atoms with Crippen molar-refractivity contribution in [2.24, 2.45) is 0 Å². The van der Waals surface area contributed by atoms with Gasteiger partial charge in [0, 0.05) is 13.1 Å². The summed E-state index contributed by atoms with van der Waals surface area (Å²) in [5.74, 6) is 0. The van der Waals surface area contributed by atoms with Gasteiger partial charge in [0.2, 0.25) is 10.0 Å². The zero-order chi connectivity index (χ0) is 16.8. The quantitative estimate of drug-likeness (QED) is 0.915. The fraction of sp³-hybridized carbons (Fsp3) is 0.647. The van der Waals surface area contributed by atoms with E-state index >= 15 is 0 Å². The van der Waals surface area contributed by atoms with Gasteiger partial charge >= 0.3 is 0 Å². The van der Waals surface area contributed by atoms with Crippen molar-refractivity contribution < 1.29 is 13.3 Å². The van der Waals surface area contributed by atoms with Crippen molar-refractivity contribution in [3.63, 3.8) is 0 Å². The molecule has 0 radical (unpaired) electrons. The Hall–Kier alpha value is -0.950. The summed E-state index contributed by atoms with van der Waals surface area (Å²) in [5, 5.41) is 1.09. The molecule has 0 bridgehead atoms. The van der Waals surface area contributed by atoms with E-state index in [2.05, 4.69) is 37.6 Å². The molecule has 0 unspecified atom stereocenters. The highest BCUT2D eigenvalue weighted by Crippen LogP contribution is 2.35. The summed E-state index contributed by atoms with van der Waals surface area (Å²) >= 11 is 0. The fourth-order valence-electron chi connectivity index (χ4n) is 2.98. The Morgan fingerprint density at radius 3 is 2.30 bits per heavy atom. The maximum atomic E-state index is 12.6. The first-order valence-corrected chi connectivity index (χ1v) is 9.70. The van der Waals surface area contributed by atoms with Crippen LogP contribution in [0, 0.1) is 0 Å². The van der Waals surface area contributed by atoms with Crippen molar-refractivity contribution >= 4 is 10.0 Å². The molecule has 128 valence electrons. The Morgan fingerprint density at radius 1 is 1.17 bits per heavy atom. The molecule has 0 amide bonds. The molecule has 23 heavy (non-hydrogen) atoms. The number of nitrogens with one attached hydrogen (secondary N) is 1. The van der Waals surface area contributed by atoms with E-state index in [9.17, 15) is 8.42 Å². The van der Waals surface area contributed by atoms with Crippen LogP contribution in [0.1, 0.15) is 50.8 Å². The smallest absolute Gasteiger partial charge is 0.219 e. The van der Waals surface area contributed by atoms with Gasteiger partial charge in [0.15, 0.2) is 0 Å². The summed E-state index contributed by atoms with van der Waals surface area (Å²) in [5.41, 5.74) is 2.29. The third-order valence-corrected chi connectivity index (χ3v) is 6.46. The van der Waals surface area contributed by atoms with Gasteiger partial charge < -0.3 is 0 Å². The van der Waals surface area contributed by atoms with Gasteiger partial charge in [-0.05, 0) is 29.4 Å². The molecule has 1 heterocycles. The van der Waals surface area contributed by atoms with Gasteiger partial charge in [0.25, 0.3) is 0 Å². The minimum Gasteiger partial charge on any atom is -0.297 e. The van der Waals surface area contributed by atoms with Gasteiger partial charge in [-0.1, -0.05) is 45.0 Å². The Morgan fingerprint density at radius 2 is 1.78 bits per heavy atom. The number of hydroxylamine groups is 2. The summed E-state index contributed by atoms with van der Waals surface area (Å²) in [6.45, 7) is 6.70. The lowest BCUT2D eigenvalue weighted by molar-refractivity contribution is -0.110. The normalized spacial score (nSPS) is 26.6. The number of rotatable bonds is 4. The van der Waals surface area contributed by atoms with Crippen LogP contribution in [0.4, 0.5) is 0 Å². The molecule has 1 saturated heterocycles. The number of hydrogen-bond donors (Lipinski definition) is 1. The monoisotopic (exact) mass is 338 g/mol. The van der Waals surface area contributed by atoms with Crippen molar-refractivity contribution in [1.29, 1.82) is 0 Å². The van der Waals surface area contributed by atoms with E-state index in [1.54, 1.807) is 12.1 Å². The van der Waals surface area contributed by atoms with Crippen LogP contribution in [0.3, 0.4) is 0 Å². The molecule has 1 aliphatic heterocycles. The zero-order valence-electron chi connectivity index (χ0n) is 14.2. The first kappa shape index (κ1) is 16.9. The van der Waals surface area contributed by atoms with E-state index in [0.717, 1.165) is 18.4 Å². The molecule has 0 spiro atoms. The number of hydrogen-bond acceptors (Lipinski definition) is 4. The molecular formula is C17H26N2O3S. The van der Waals surface area contributed by atoms with Crippen LogP contribution in [0.2, 0.25) is 0 Å². The number of sulfonamides is 1. The van der Waals surface area contributed by atoms with Crippen molar-refractivity contribution in [3.05, 3.63) is 35.4 Å². The second kappa shape index (κ2) is 5.84. The standard InChI is InChI=1S/C17H26N2O3S/c1-17(2,3)13-7-5-12(6-8-13)16-15(11-22-19(16)4)23(20,21)18-14-9-10-14/h5-8,14-16,18H,9-11H2,1-4H3/t15-,16+/m0/s1. The second-order valence-electron chi connectivity index (χ2n) is 7.63. The summed E-state index contributed by atoms with van der Waals surface area (Å²) in [4.78, 5) is 5.53. The predicted octanol–water partition coefficient (Wildman–Crippen LogP) is 2.35. The molecule has 5 nitrogen and oxygen atoms in total. The van der Waals surface area contributed by atoms with E-state index < -0.39 is 15.3 Å². The highest BCUT2D eigenvalue weighted by Gasteiger charge is 2.44. The van der Waals surface area contributed by atoms with Crippen LogP contribution in [0.5, 0.6) is 0 Å². The fourth-order valence-corrected chi connectivity index (χ4v) is 4.76. The number of nitrogens with zero attached hydrogens (tertiary/aromatic N) is 1. The van der Waals surface area contributed by atoms with Gasteiger partial charge in [-0.3, -0.25) is 4.84 Å². The molecule has 2 aliphatic rings. The van der Waals surface area contributed by atoms with E-state index in [0.29, 0.717) is 0 Å². The van der Waals surface area contributed by atoms with Crippen molar-refractivity contribution in [2.75, 3.05) is 13.7 Å². The summed E-state index contributed by atoms with van der Waals surface area (Å²) in [7, 11) is -1.58. The molecule has 0 aromatic heterocycles. The average Bonchev–Trinajstić information content (AvgIpc) is 3.16. The van der Waals surface area contributed by atoms with Crippen molar-refractivity contribution in [1.82, 2.24) is 9.79 Å². The van der Waals surface area contributed by atoms with E-state index in [4.69, 9.17) is 4.84 Å². The average molecular weight is 338 g/mol. The minimum atomic E-state index is -3.38. The largest absolute Gasteiger partial charge is 0.297 e. The van der Waals surface area contributed by atoms with E-state index in [1.165, 1.54) is 5.56 Å². The lowest BCUT2D eigenvalue weighted by Gasteiger charge is -2.25. The Kier molecular flexibility index (Phi) is 4.29. The van der Waals surface area contributed by atoms with Crippen LogP contribution >= 0.6 is 0 Å². The maximum absolute atomic E-state index is 12.6. The first-order chi connectivity index (χ1) is 10.7. The molecule has 1 aromatic carbocycles. The molecule has 1 saturated carbocycles. The third-order valence-electron chi connectivity index (χ3n) is 4.61. The van der Waals surface area contributed by atoms with Crippen LogP contribution < -0.4 is 4.72 Å². The topological polar surface area (TPSA) is 58.6 Å². The van der Waals surface area contributed by atoms with Gasteiger partial charge in [-0.2, -0.15) is 5.06 Å². The third kappa shape index (κ3) is 3.60. The molecule has 1 aliphatic carbocycles. The Labute approximate surface area is 139 Å². The lowest BCUT2D eigenvalue weighted by Crippen LogP contribution is -2.40. The molecule has 2 atom stereocenters. The Bertz CT molecular complexity index is 660. The van der Waals surface area contributed by atoms with Crippen LogP contribution in [-0.4, -0.2) is 38.4 Å². The number of benzene rings is 1. The summed E-state index contributed by atoms with van der Waals surface area (Å²) in [6, 6.07) is 8.06. The minimum absolute atomic E-state index is 0.0790. The van der Waals surface area contributed by atoms with Crippen molar-refractivity contribution in [3.8, 4) is 0 Å². The molecule has 1 aromatic rings. The second-order valence-corrected chi connectivity index (χ2v) is 9.57. The summed E-state index contributed by atoms with van der Waals surface area (Å²) in [6.07, 6.45) is 1.88. The molecule has 6 heteroatoms. The molecule has 1 N–H and O–H groups in total. The first-order valence-electron chi connectivity index (χ1n) is 8.16. The predicted molar refractivity (Wildman–Crippen MR) is 90.5 cm³/mol. The highest BCUT2D eigenvalue weighted by molar-refractivity contribution is 7.90. The van der Waals surface area contributed by atoms with E-state index in [-0.39, 0.29) is 24.1 Å². The van der Waals surface area contributed by atoms with Gasteiger partial charge in [-0.15, -0.1) is 0 Å². The van der Waals surface area contributed by atoms with Gasteiger partial charge in [0.1, 0.15) is 5.25 Å². The van der Waals surface area contributed by atoms with Gasteiger partial charge in [-0.25, -0.2) is 13.1 Å². The molecule has 2 fully saturated rings. The maximum Gasteiger partial charge on any atom is 0.219 e.